The van der Waals surface area contributed by atoms with Gasteiger partial charge in [-0.3, -0.25) is 25.0 Å². The van der Waals surface area contributed by atoms with Crippen LogP contribution in [-0.2, 0) is 16.2 Å². The van der Waals surface area contributed by atoms with Gasteiger partial charge in [0.25, 0.3) is 11.8 Å². The summed E-state index contributed by atoms with van der Waals surface area (Å²) >= 11 is 0. The Hall–Kier alpha value is -3.68. The number of carbonyl (C=O) groups excluding carboxylic acids is 4. The summed E-state index contributed by atoms with van der Waals surface area (Å²) in [7, 11) is 0. The lowest BCUT2D eigenvalue weighted by atomic mass is 10.1. The van der Waals surface area contributed by atoms with Crippen LogP contribution in [-0.4, -0.2) is 24.1 Å². The zero-order chi connectivity index (χ0) is 17.8. The molecule has 1 aliphatic heterocycles. The monoisotopic (exact) mass is 340 g/mol. The molecule has 2 N–H and O–H groups in total. The SMILES string of the molecule is O=Cc1ccc(COc2ccc(C=C3C(=O)NC(=O)NC3=O)cc2)o1. The molecule has 1 aromatic carbocycles. The molecule has 4 amide bonds. The normalized spacial score (nSPS) is 13.9. The van der Waals surface area contributed by atoms with Gasteiger partial charge in [0.1, 0.15) is 23.7 Å². The van der Waals surface area contributed by atoms with Gasteiger partial charge in [-0.15, -0.1) is 0 Å². The van der Waals surface area contributed by atoms with Crippen LogP contribution in [0.5, 0.6) is 5.75 Å². The number of aldehydes is 1. The van der Waals surface area contributed by atoms with Crippen molar-refractivity contribution in [2.75, 3.05) is 0 Å². The molecule has 0 aliphatic carbocycles. The maximum absolute atomic E-state index is 11.7. The third kappa shape index (κ3) is 3.81. The van der Waals surface area contributed by atoms with E-state index in [0.717, 1.165) is 0 Å². The fourth-order valence-electron chi connectivity index (χ4n) is 2.12. The molecule has 0 atom stereocenters. The molecule has 8 nitrogen and oxygen atoms in total. The van der Waals surface area contributed by atoms with E-state index in [1.165, 1.54) is 6.08 Å². The Labute approximate surface area is 141 Å². The van der Waals surface area contributed by atoms with Crippen molar-refractivity contribution < 1.29 is 28.3 Å². The number of urea groups is 1. The molecule has 0 spiro atoms. The highest BCUT2D eigenvalue weighted by Crippen LogP contribution is 2.17. The number of hydrogen-bond donors (Lipinski definition) is 2. The summed E-state index contributed by atoms with van der Waals surface area (Å²) in [6.07, 6.45) is 1.97. The quantitative estimate of drug-likeness (QED) is 0.483. The number of amides is 4. The molecule has 1 aromatic heterocycles. The highest BCUT2D eigenvalue weighted by Gasteiger charge is 2.27. The minimum Gasteiger partial charge on any atom is -0.486 e. The second-order valence-electron chi connectivity index (χ2n) is 5.08. The van der Waals surface area contributed by atoms with Crippen LogP contribution in [0.2, 0.25) is 0 Å². The predicted octanol–water partition coefficient (Wildman–Crippen LogP) is 1.42. The summed E-state index contributed by atoms with van der Waals surface area (Å²) < 4.78 is 10.7. The van der Waals surface area contributed by atoms with E-state index in [9.17, 15) is 19.2 Å². The van der Waals surface area contributed by atoms with Gasteiger partial charge in [0.15, 0.2) is 12.0 Å². The molecule has 0 unspecified atom stereocenters. The first-order chi connectivity index (χ1) is 12.0. The van der Waals surface area contributed by atoms with E-state index in [1.807, 2.05) is 10.6 Å². The Kier molecular flexibility index (Phi) is 4.42. The first-order valence-corrected chi connectivity index (χ1v) is 7.20. The molecule has 3 rings (SSSR count). The van der Waals surface area contributed by atoms with E-state index in [4.69, 9.17) is 9.15 Å². The van der Waals surface area contributed by atoms with Crippen molar-refractivity contribution in [1.29, 1.82) is 0 Å². The van der Waals surface area contributed by atoms with Gasteiger partial charge in [-0.1, -0.05) is 12.1 Å². The molecule has 0 bridgehead atoms. The van der Waals surface area contributed by atoms with Gasteiger partial charge in [0.05, 0.1) is 0 Å². The molecule has 126 valence electrons. The van der Waals surface area contributed by atoms with Gasteiger partial charge in [-0.05, 0) is 35.9 Å². The van der Waals surface area contributed by atoms with Crippen molar-refractivity contribution in [3.63, 3.8) is 0 Å². The maximum atomic E-state index is 11.7. The average Bonchev–Trinajstić information content (AvgIpc) is 3.05. The first kappa shape index (κ1) is 16.2. The molecule has 2 heterocycles. The number of barbiturate groups is 1. The molecular formula is C17H12N2O6. The van der Waals surface area contributed by atoms with E-state index < -0.39 is 17.8 Å². The summed E-state index contributed by atoms with van der Waals surface area (Å²) in [5.74, 6) is -0.230. The van der Waals surface area contributed by atoms with Crippen molar-refractivity contribution in [1.82, 2.24) is 10.6 Å². The van der Waals surface area contributed by atoms with Crippen molar-refractivity contribution in [2.24, 2.45) is 0 Å². The topological polar surface area (TPSA) is 115 Å². The van der Waals surface area contributed by atoms with E-state index in [1.54, 1.807) is 36.4 Å². The number of rotatable bonds is 5. The lowest BCUT2D eigenvalue weighted by Crippen LogP contribution is -2.51. The molecule has 1 fully saturated rings. The largest absolute Gasteiger partial charge is 0.486 e. The lowest BCUT2D eigenvalue weighted by Gasteiger charge is -2.13. The van der Waals surface area contributed by atoms with Gasteiger partial charge in [0.2, 0.25) is 0 Å². The van der Waals surface area contributed by atoms with Gasteiger partial charge in [0, 0.05) is 0 Å². The van der Waals surface area contributed by atoms with Crippen LogP contribution in [0.3, 0.4) is 0 Å². The van der Waals surface area contributed by atoms with Crippen LogP contribution in [0.25, 0.3) is 6.08 Å². The van der Waals surface area contributed by atoms with Crippen LogP contribution < -0.4 is 15.4 Å². The standard InChI is InChI=1S/C17H12N2O6/c20-8-12-5-6-13(25-12)9-24-11-3-1-10(2-4-11)7-14-15(21)18-17(23)19-16(14)22/h1-8H,9H2,(H2,18,19,21,22,23). The fourth-order valence-corrected chi connectivity index (χ4v) is 2.12. The lowest BCUT2D eigenvalue weighted by molar-refractivity contribution is -0.123. The van der Waals surface area contributed by atoms with Gasteiger partial charge in [-0.2, -0.15) is 0 Å². The average molecular weight is 340 g/mol. The van der Waals surface area contributed by atoms with Crippen LogP contribution >= 0.6 is 0 Å². The van der Waals surface area contributed by atoms with E-state index in [2.05, 4.69) is 0 Å². The van der Waals surface area contributed by atoms with Crippen LogP contribution in [0.4, 0.5) is 4.79 Å². The second-order valence-corrected chi connectivity index (χ2v) is 5.08. The smallest absolute Gasteiger partial charge is 0.328 e. The van der Waals surface area contributed by atoms with Crippen molar-refractivity contribution in [3.8, 4) is 5.75 Å². The third-order valence-electron chi connectivity index (χ3n) is 3.31. The van der Waals surface area contributed by atoms with Gasteiger partial charge in [-0.25, -0.2) is 4.79 Å². The van der Waals surface area contributed by atoms with Crippen LogP contribution in [0.1, 0.15) is 21.9 Å². The van der Waals surface area contributed by atoms with Crippen molar-refractivity contribution in [2.45, 2.75) is 6.61 Å². The molecule has 0 saturated carbocycles. The first-order valence-electron chi connectivity index (χ1n) is 7.20. The Morgan fingerprint density at radius 1 is 0.960 bits per heavy atom. The minimum absolute atomic E-state index is 0.154. The fraction of sp³-hybridized carbons (Fsp3) is 0.0588. The highest BCUT2D eigenvalue weighted by molar-refractivity contribution is 6.31. The third-order valence-corrected chi connectivity index (χ3v) is 3.31. The van der Waals surface area contributed by atoms with Crippen LogP contribution in [0, 0.1) is 0 Å². The number of ether oxygens (including phenoxy) is 1. The zero-order valence-corrected chi connectivity index (χ0v) is 12.8. The molecule has 25 heavy (non-hydrogen) atoms. The number of furan rings is 1. The van der Waals surface area contributed by atoms with E-state index in [0.29, 0.717) is 23.4 Å². The maximum Gasteiger partial charge on any atom is 0.328 e. The van der Waals surface area contributed by atoms with Crippen LogP contribution in [0.15, 0.2) is 46.4 Å². The molecular weight excluding hydrogens is 328 g/mol. The van der Waals surface area contributed by atoms with Crippen molar-refractivity contribution >= 4 is 30.2 Å². The summed E-state index contributed by atoms with van der Waals surface area (Å²) in [5, 5.41) is 4.00. The molecule has 8 heteroatoms. The highest BCUT2D eigenvalue weighted by atomic mass is 16.5. The van der Waals surface area contributed by atoms with E-state index >= 15 is 0 Å². The van der Waals surface area contributed by atoms with Gasteiger partial charge < -0.3 is 9.15 Å². The summed E-state index contributed by atoms with van der Waals surface area (Å²) in [6.45, 7) is 0.154. The predicted molar refractivity (Wildman–Crippen MR) is 84.5 cm³/mol. The summed E-state index contributed by atoms with van der Waals surface area (Å²) in [4.78, 5) is 44.8. The molecule has 0 radical (unpaired) electrons. The minimum atomic E-state index is -0.841. The number of carbonyl (C=O) groups is 4. The zero-order valence-electron chi connectivity index (χ0n) is 12.8. The second kappa shape index (κ2) is 6.83. The Balaban J connectivity index is 1.66. The number of nitrogens with one attached hydrogen (secondary N) is 2. The van der Waals surface area contributed by atoms with Gasteiger partial charge >= 0.3 is 6.03 Å². The summed E-state index contributed by atoms with van der Waals surface area (Å²) in [5.41, 5.74) is 0.425. The number of benzene rings is 1. The molecule has 1 saturated heterocycles. The Morgan fingerprint density at radius 3 is 2.24 bits per heavy atom. The van der Waals surface area contributed by atoms with Crippen molar-refractivity contribution in [3.05, 3.63) is 59.1 Å². The number of hydrogen-bond acceptors (Lipinski definition) is 6. The Bertz CT molecular complexity index is 857. The molecule has 2 aromatic rings. The summed E-state index contributed by atoms with van der Waals surface area (Å²) in [6, 6.07) is 8.96. The molecule has 1 aliphatic rings. The Morgan fingerprint density at radius 2 is 1.64 bits per heavy atom. The number of imide groups is 2. The van der Waals surface area contributed by atoms with E-state index in [-0.39, 0.29) is 17.9 Å².